The molecule has 0 aliphatic carbocycles. The molecule has 10 nitrogen and oxygen atoms in total. The summed E-state index contributed by atoms with van der Waals surface area (Å²) in [7, 11) is -0.594. The number of ether oxygens (including phenoxy) is 2. The fraction of sp³-hybridized carbons (Fsp3) is 0.129. The summed E-state index contributed by atoms with van der Waals surface area (Å²) in [5, 5.41) is 2.89. The second kappa shape index (κ2) is 13.0. The molecule has 5 rings (SSSR count). The zero-order valence-corrected chi connectivity index (χ0v) is 25.2. The quantitative estimate of drug-likeness (QED) is 0.152. The monoisotopic (exact) mass is 615 g/mol. The number of rotatable bonds is 11. The summed E-state index contributed by atoms with van der Waals surface area (Å²) in [6, 6.07) is 26.1. The molecule has 12 heteroatoms. The Hall–Kier alpha value is -4.81. The smallest absolute Gasteiger partial charge is 0.263 e. The minimum Gasteiger partial charge on any atom is -0.497 e. The van der Waals surface area contributed by atoms with Crippen molar-refractivity contribution in [2.24, 2.45) is 0 Å². The number of aromatic amines is 1. The number of methoxy groups -OCH3 is 2. The van der Waals surface area contributed by atoms with E-state index in [0.29, 0.717) is 10.8 Å². The second-order valence-electron chi connectivity index (χ2n) is 9.32. The van der Waals surface area contributed by atoms with E-state index in [-0.39, 0.29) is 16.6 Å². The summed E-state index contributed by atoms with van der Waals surface area (Å²) in [5.41, 5.74) is 3.81. The number of H-pyrrole nitrogens is 1. The van der Waals surface area contributed by atoms with Gasteiger partial charge in [-0.2, -0.15) is 0 Å². The minimum atomic E-state index is -3.83. The van der Waals surface area contributed by atoms with Crippen LogP contribution in [0.3, 0.4) is 0 Å². The fourth-order valence-corrected chi connectivity index (χ4v) is 5.95. The lowest BCUT2D eigenvalue weighted by Gasteiger charge is -2.12. The predicted octanol–water partition coefficient (Wildman–Crippen LogP) is 6.08. The number of aromatic nitrogens is 3. The average molecular weight is 616 g/mol. The van der Waals surface area contributed by atoms with Gasteiger partial charge in [-0.25, -0.2) is 18.4 Å². The van der Waals surface area contributed by atoms with Gasteiger partial charge in [0, 0.05) is 23.0 Å². The Kier molecular flexibility index (Phi) is 8.98. The minimum absolute atomic E-state index is 0.0475. The second-order valence-corrected chi connectivity index (χ2v) is 12.3. The summed E-state index contributed by atoms with van der Waals surface area (Å²) < 4.78 is 38.4. The molecule has 0 fully saturated rings. The van der Waals surface area contributed by atoms with E-state index in [4.69, 9.17) is 14.5 Å². The molecule has 2 aromatic heterocycles. The van der Waals surface area contributed by atoms with Crippen molar-refractivity contribution in [2.45, 2.75) is 22.2 Å². The van der Waals surface area contributed by atoms with Gasteiger partial charge >= 0.3 is 0 Å². The topological polar surface area (TPSA) is 135 Å². The largest absolute Gasteiger partial charge is 0.497 e. The Morgan fingerprint density at radius 2 is 1.49 bits per heavy atom. The van der Waals surface area contributed by atoms with Crippen LogP contribution >= 0.6 is 11.8 Å². The lowest BCUT2D eigenvalue weighted by atomic mass is 10.0. The molecule has 2 heterocycles. The number of imidazole rings is 1. The van der Waals surface area contributed by atoms with E-state index >= 15 is 0 Å². The third-order valence-corrected chi connectivity index (χ3v) is 8.77. The van der Waals surface area contributed by atoms with Crippen molar-refractivity contribution in [3.8, 4) is 34.0 Å². The standard InChI is InChI=1S/C31H29N5O5S2/c1-20(30(37)33-23-11-17-26(18-12-23)43(38,39)36-27-6-4-5-19-32-27)42-31-34-28(21-7-13-24(40-2)14-8-21)29(35-31)22-9-15-25(41-3)16-10-22/h4-20H,1-3H3,(H,32,36)(H,33,37)(H,34,35). The Labute approximate surface area is 254 Å². The first-order chi connectivity index (χ1) is 20.8. The van der Waals surface area contributed by atoms with Crippen molar-refractivity contribution in [1.29, 1.82) is 0 Å². The molecular formula is C31H29N5O5S2. The summed E-state index contributed by atoms with van der Waals surface area (Å²) >= 11 is 1.28. The first-order valence-corrected chi connectivity index (χ1v) is 15.5. The van der Waals surface area contributed by atoms with Gasteiger partial charge in [0.1, 0.15) is 17.3 Å². The third kappa shape index (κ3) is 7.16. The number of hydrogen-bond acceptors (Lipinski definition) is 8. The van der Waals surface area contributed by atoms with Gasteiger partial charge in [-0.3, -0.25) is 9.52 Å². The number of pyridine rings is 1. The van der Waals surface area contributed by atoms with Gasteiger partial charge in [0.15, 0.2) is 5.16 Å². The number of sulfonamides is 1. The van der Waals surface area contributed by atoms with E-state index < -0.39 is 15.3 Å². The fourth-order valence-electron chi connectivity index (χ4n) is 4.13. The molecule has 0 spiro atoms. The van der Waals surface area contributed by atoms with Crippen LogP contribution in [-0.2, 0) is 14.8 Å². The summed E-state index contributed by atoms with van der Waals surface area (Å²) in [4.78, 5) is 25.3. The Morgan fingerprint density at radius 1 is 0.860 bits per heavy atom. The molecule has 0 radical (unpaired) electrons. The van der Waals surface area contributed by atoms with Crippen molar-refractivity contribution in [2.75, 3.05) is 24.3 Å². The molecule has 1 unspecified atom stereocenters. The van der Waals surface area contributed by atoms with Crippen molar-refractivity contribution >= 4 is 39.2 Å². The van der Waals surface area contributed by atoms with Crippen molar-refractivity contribution in [1.82, 2.24) is 15.0 Å². The lowest BCUT2D eigenvalue weighted by molar-refractivity contribution is -0.115. The van der Waals surface area contributed by atoms with E-state index in [1.54, 1.807) is 51.5 Å². The number of nitrogens with zero attached hydrogens (tertiary/aromatic N) is 2. The van der Waals surface area contributed by atoms with Crippen molar-refractivity contribution in [3.63, 3.8) is 0 Å². The number of amides is 1. The van der Waals surface area contributed by atoms with Crippen LogP contribution in [0.5, 0.6) is 11.5 Å². The van der Waals surface area contributed by atoms with E-state index in [9.17, 15) is 13.2 Å². The number of benzene rings is 3. The van der Waals surface area contributed by atoms with Crippen LogP contribution in [0, 0.1) is 0 Å². The van der Waals surface area contributed by atoms with Gasteiger partial charge in [-0.15, -0.1) is 0 Å². The number of anilines is 2. The third-order valence-electron chi connectivity index (χ3n) is 6.42. The highest BCUT2D eigenvalue weighted by atomic mass is 32.2. The van der Waals surface area contributed by atoms with Crippen LogP contribution < -0.4 is 19.5 Å². The van der Waals surface area contributed by atoms with E-state index in [1.807, 2.05) is 48.5 Å². The van der Waals surface area contributed by atoms with Gasteiger partial charge in [0.05, 0.1) is 35.8 Å². The van der Waals surface area contributed by atoms with Gasteiger partial charge in [0.25, 0.3) is 10.0 Å². The van der Waals surface area contributed by atoms with Gasteiger partial charge in [-0.1, -0.05) is 17.8 Å². The highest BCUT2D eigenvalue weighted by molar-refractivity contribution is 8.00. The van der Waals surface area contributed by atoms with Crippen LogP contribution in [-0.4, -0.2) is 48.7 Å². The summed E-state index contributed by atoms with van der Waals surface area (Å²) in [6.45, 7) is 1.78. The predicted molar refractivity (Wildman–Crippen MR) is 168 cm³/mol. The van der Waals surface area contributed by atoms with Crippen LogP contribution in [0.25, 0.3) is 22.5 Å². The van der Waals surface area contributed by atoms with E-state index in [0.717, 1.165) is 34.0 Å². The molecule has 1 atom stereocenters. The molecule has 3 N–H and O–H groups in total. The molecule has 0 bridgehead atoms. The highest BCUT2D eigenvalue weighted by Crippen LogP contribution is 2.35. The zero-order chi connectivity index (χ0) is 30.4. The molecule has 0 aliphatic rings. The molecule has 5 aromatic rings. The first-order valence-electron chi connectivity index (χ1n) is 13.2. The number of carbonyl (C=O) groups is 1. The first kappa shape index (κ1) is 29.7. The summed E-state index contributed by atoms with van der Waals surface area (Å²) in [6.07, 6.45) is 1.50. The molecule has 43 heavy (non-hydrogen) atoms. The van der Waals surface area contributed by atoms with Crippen LogP contribution in [0.1, 0.15) is 6.92 Å². The van der Waals surface area contributed by atoms with Crippen molar-refractivity contribution < 1.29 is 22.7 Å². The van der Waals surface area contributed by atoms with Crippen LogP contribution in [0.4, 0.5) is 11.5 Å². The van der Waals surface area contributed by atoms with E-state index in [2.05, 4.69) is 20.0 Å². The molecule has 0 saturated heterocycles. The SMILES string of the molecule is COc1ccc(-c2nc(SC(C)C(=O)Nc3ccc(S(=O)(=O)Nc4ccccn4)cc3)[nH]c2-c2ccc(OC)cc2)cc1. The molecule has 220 valence electrons. The maximum absolute atomic E-state index is 13.1. The van der Waals surface area contributed by atoms with Crippen molar-refractivity contribution in [3.05, 3.63) is 97.2 Å². The number of hydrogen-bond donors (Lipinski definition) is 3. The Balaban J connectivity index is 1.31. The normalized spacial score (nSPS) is 11.9. The lowest BCUT2D eigenvalue weighted by Crippen LogP contribution is -2.22. The Morgan fingerprint density at radius 3 is 2.07 bits per heavy atom. The number of thioether (sulfide) groups is 1. The Bertz CT molecular complexity index is 1730. The molecule has 0 saturated carbocycles. The molecule has 0 aliphatic heterocycles. The number of nitrogens with one attached hydrogen (secondary N) is 3. The average Bonchev–Trinajstić information content (AvgIpc) is 3.45. The van der Waals surface area contributed by atoms with Gasteiger partial charge in [0.2, 0.25) is 5.91 Å². The number of carbonyl (C=O) groups excluding carboxylic acids is 1. The van der Waals surface area contributed by atoms with Crippen LogP contribution in [0.15, 0.2) is 107 Å². The molecule has 3 aromatic carbocycles. The highest BCUT2D eigenvalue weighted by Gasteiger charge is 2.21. The van der Waals surface area contributed by atoms with E-state index in [1.165, 1.54) is 30.1 Å². The molecular weight excluding hydrogens is 587 g/mol. The van der Waals surface area contributed by atoms with Gasteiger partial charge < -0.3 is 19.8 Å². The maximum atomic E-state index is 13.1. The van der Waals surface area contributed by atoms with Crippen LogP contribution in [0.2, 0.25) is 0 Å². The summed E-state index contributed by atoms with van der Waals surface area (Å²) in [5.74, 6) is 1.43. The maximum Gasteiger partial charge on any atom is 0.263 e. The van der Waals surface area contributed by atoms with Gasteiger partial charge in [-0.05, 0) is 91.9 Å². The zero-order valence-electron chi connectivity index (χ0n) is 23.6. The molecule has 1 amide bonds.